The Bertz CT molecular complexity index is 544. The predicted molar refractivity (Wildman–Crippen MR) is 83.5 cm³/mol. The Hall–Kier alpha value is -0.620. The van der Waals surface area contributed by atoms with Crippen LogP contribution in [0.1, 0.15) is 32.8 Å². The molecule has 0 unspecified atom stereocenters. The molecule has 0 heterocycles. The molecule has 0 aromatic heterocycles. The molecule has 0 bridgehead atoms. The highest BCUT2D eigenvalue weighted by Gasteiger charge is 2.23. The fraction of sp³-hybridized carbons (Fsp3) is 0.571. The minimum Gasteiger partial charge on any atom is -0.310 e. The molecule has 0 aliphatic carbocycles. The van der Waals surface area contributed by atoms with Gasteiger partial charge >= 0.3 is 0 Å². The number of nitrogens with one attached hydrogen (secondary N) is 1. The van der Waals surface area contributed by atoms with Gasteiger partial charge in [0.1, 0.15) is 4.90 Å². The van der Waals surface area contributed by atoms with E-state index in [1.54, 1.807) is 19.2 Å². The molecule has 4 nitrogen and oxygen atoms in total. The van der Waals surface area contributed by atoms with E-state index in [-0.39, 0.29) is 9.92 Å². The van der Waals surface area contributed by atoms with Gasteiger partial charge in [-0.1, -0.05) is 38.4 Å². The molecule has 114 valence electrons. The lowest BCUT2D eigenvalue weighted by Gasteiger charge is -2.18. The van der Waals surface area contributed by atoms with Crippen molar-refractivity contribution in [3.8, 4) is 0 Å². The Kier molecular flexibility index (Phi) is 6.45. The van der Waals surface area contributed by atoms with Crippen LogP contribution in [0.4, 0.5) is 0 Å². The number of halogens is 1. The van der Waals surface area contributed by atoms with Crippen LogP contribution in [0.25, 0.3) is 0 Å². The standard InChI is InChI=1S/C14H23ClN2O2S/c1-5-8-17(4)20(18,19)14-9-12(6-7-13(14)15)10-16-11(2)3/h6-7,9,11,16H,5,8,10H2,1-4H3. The Morgan fingerprint density at radius 2 is 2.00 bits per heavy atom. The average Bonchev–Trinajstić information content (AvgIpc) is 2.37. The molecule has 0 radical (unpaired) electrons. The van der Waals surface area contributed by atoms with Crippen LogP contribution in [0, 0.1) is 0 Å². The number of rotatable bonds is 7. The molecule has 6 heteroatoms. The molecule has 20 heavy (non-hydrogen) atoms. The Balaban J connectivity index is 3.07. The van der Waals surface area contributed by atoms with Gasteiger partial charge in [-0.2, -0.15) is 0 Å². The van der Waals surface area contributed by atoms with Crippen molar-refractivity contribution in [2.45, 2.75) is 44.7 Å². The lowest BCUT2D eigenvalue weighted by atomic mass is 10.2. The molecule has 1 rings (SSSR count). The van der Waals surface area contributed by atoms with Gasteiger partial charge in [0.05, 0.1) is 5.02 Å². The van der Waals surface area contributed by atoms with Gasteiger partial charge in [-0.3, -0.25) is 0 Å². The molecule has 1 aromatic carbocycles. The Morgan fingerprint density at radius 3 is 2.55 bits per heavy atom. The highest BCUT2D eigenvalue weighted by Crippen LogP contribution is 2.25. The summed E-state index contributed by atoms with van der Waals surface area (Å²) in [5.41, 5.74) is 0.909. The summed E-state index contributed by atoms with van der Waals surface area (Å²) in [7, 11) is -1.94. The molecule has 0 spiro atoms. The van der Waals surface area contributed by atoms with Crippen molar-refractivity contribution in [2.24, 2.45) is 0 Å². The normalized spacial score (nSPS) is 12.3. The molecular formula is C14H23ClN2O2S. The third-order valence-electron chi connectivity index (χ3n) is 2.94. The molecule has 0 amide bonds. The first-order valence-electron chi connectivity index (χ1n) is 6.77. The van der Waals surface area contributed by atoms with E-state index in [1.807, 2.05) is 26.8 Å². The molecule has 1 N–H and O–H groups in total. The second-order valence-electron chi connectivity index (χ2n) is 5.13. The van der Waals surface area contributed by atoms with Crippen LogP contribution in [0.15, 0.2) is 23.1 Å². The van der Waals surface area contributed by atoms with E-state index in [0.717, 1.165) is 12.0 Å². The number of hydrogen-bond donors (Lipinski definition) is 1. The zero-order valence-corrected chi connectivity index (χ0v) is 14.1. The molecule has 0 aliphatic heterocycles. The largest absolute Gasteiger partial charge is 0.310 e. The summed E-state index contributed by atoms with van der Waals surface area (Å²) in [5.74, 6) is 0. The predicted octanol–water partition coefficient (Wildman–Crippen LogP) is 2.87. The number of benzene rings is 1. The topological polar surface area (TPSA) is 49.4 Å². The molecule has 0 fully saturated rings. The van der Waals surface area contributed by atoms with Gasteiger partial charge in [0.25, 0.3) is 0 Å². The quantitative estimate of drug-likeness (QED) is 0.841. The van der Waals surface area contributed by atoms with Gasteiger partial charge in [0.2, 0.25) is 10.0 Å². The number of hydrogen-bond acceptors (Lipinski definition) is 3. The van der Waals surface area contributed by atoms with Gasteiger partial charge < -0.3 is 5.32 Å². The maximum Gasteiger partial charge on any atom is 0.244 e. The zero-order valence-electron chi connectivity index (χ0n) is 12.5. The maximum absolute atomic E-state index is 12.5. The summed E-state index contributed by atoms with van der Waals surface area (Å²) in [4.78, 5) is 0.179. The van der Waals surface area contributed by atoms with E-state index in [4.69, 9.17) is 11.6 Å². The van der Waals surface area contributed by atoms with Gasteiger partial charge in [-0.15, -0.1) is 0 Å². The van der Waals surface area contributed by atoms with E-state index >= 15 is 0 Å². The summed E-state index contributed by atoms with van der Waals surface area (Å²) in [6.45, 7) is 7.13. The van der Waals surface area contributed by atoms with Crippen molar-refractivity contribution < 1.29 is 8.42 Å². The van der Waals surface area contributed by atoms with Crippen LogP contribution in [0.5, 0.6) is 0 Å². The Morgan fingerprint density at radius 1 is 1.35 bits per heavy atom. The first-order valence-corrected chi connectivity index (χ1v) is 8.59. The summed E-state index contributed by atoms with van der Waals surface area (Å²) in [6.07, 6.45) is 0.766. The first-order chi connectivity index (χ1) is 9.28. The molecule has 0 saturated heterocycles. The molecule has 1 aromatic rings. The number of sulfonamides is 1. The monoisotopic (exact) mass is 318 g/mol. The maximum atomic E-state index is 12.5. The lowest BCUT2D eigenvalue weighted by molar-refractivity contribution is 0.468. The van der Waals surface area contributed by atoms with Crippen LogP contribution in [0.3, 0.4) is 0 Å². The second-order valence-corrected chi connectivity index (χ2v) is 7.55. The van der Waals surface area contributed by atoms with E-state index in [0.29, 0.717) is 19.1 Å². The molecule has 0 atom stereocenters. The van der Waals surface area contributed by atoms with E-state index in [1.165, 1.54) is 4.31 Å². The van der Waals surface area contributed by atoms with Crippen LogP contribution in [-0.4, -0.2) is 32.4 Å². The van der Waals surface area contributed by atoms with E-state index in [2.05, 4.69) is 5.32 Å². The Labute approximate surface area is 127 Å². The highest BCUT2D eigenvalue weighted by molar-refractivity contribution is 7.89. The van der Waals surface area contributed by atoms with Crippen LogP contribution in [0.2, 0.25) is 5.02 Å². The minimum absolute atomic E-state index is 0.179. The molecule has 0 saturated carbocycles. The summed E-state index contributed by atoms with van der Waals surface area (Å²) >= 11 is 6.06. The van der Waals surface area contributed by atoms with E-state index in [9.17, 15) is 8.42 Å². The van der Waals surface area contributed by atoms with Crippen molar-refractivity contribution in [1.82, 2.24) is 9.62 Å². The third kappa shape index (κ3) is 4.45. The van der Waals surface area contributed by atoms with Gasteiger partial charge in [-0.25, -0.2) is 12.7 Å². The van der Waals surface area contributed by atoms with Crippen molar-refractivity contribution in [2.75, 3.05) is 13.6 Å². The zero-order chi connectivity index (χ0) is 15.3. The van der Waals surface area contributed by atoms with Crippen LogP contribution >= 0.6 is 11.6 Å². The fourth-order valence-corrected chi connectivity index (χ4v) is 3.56. The molecule has 0 aliphatic rings. The van der Waals surface area contributed by atoms with Crippen molar-refractivity contribution in [3.63, 3.8) is 0 Å². The first kappa shape index (κ1) is 17.4. The lowest BCUT2D eigenvalue weighted by Crippen LogP contribution is -2.28. The van der Waals surface area contributed by atoms with Crippen molar-refractivity contribution >= 4 is 21.6 Å². The summed E-state index contributed by atoms with van der Waals surface area (Å²) in [6, 6.07) is 5.48. The third-order valence-corrected chi connectivity index (χ3v) is 5.28. The second kappa shape index (κ2) is 7.41. The van der Waals surface area contributed by atoms with Crippen LogP contribution < -0.4 is 5.32 Å². The van der Waals surface area contributed by atoms with Crippen molar-refractivity contribution in [1.29, 1.82) is 0 Å². The van der Waals surface area contributed by atoms with Gasteiger partial charge in [0, 0.05) is 26.2 Å². The fourth-order valence-electron chi connectivity index (χ4n) is 1.78. The van der Waals surface area contributed by atoms with Crippen molar-refractivity contribution in [3.05, 3.63) is 28.8 Å². The average molecular weight is 319 g/mol. The van der Waals surface area contributed by atoms with Gasteiger partial charge in [0.15, 0.2) is 0 Å². The summed E-state index contributed by atoms with van der Waals surface area (Å²) < 4.78 is 26.2. The summed E-state index contributed by atoms with van der Waals surface area (Å²) in [5, 5.41) is 3.53. The smallest absolute Gasteiger partial charge is 0.244 e. The van der Waals surface area contributed by atoms with Gasteiger partial charge in [-0.05, 0) is 24.1 Å². The molecular weight excluding hydrogens is 296 g/mol. The minimum atomic E-state index is -3.52. The van der Waals surface area contributed by atoms with Crippen LogP contribution in [-0.2, 0) is 16.6 Å². The SMILES string of the molecule is CCCN(C)S(=O)(=O)c1cc(CNC(C)C)ccc1Cl. The highest BCUT2D eigenvalue weighted by atomic mass is 35.5. The van der Waals surface area contributed by atoms with E-state index < -0.39 is 10.0 Å². The number of nitrogens with zero attached hydrogens (tertiary/aromatic N) is 1.